The number of piperidine rings is 1. The second-order valence-corrected chi connectivity index (χ2v) is 7.52. The van der Waals surface area contributed by atoms with Gasteiger partial charge in [-0.15, -0.1) is 0 Å². The Balaban J connectivity index is 1.20. The summed E-state index contributed by atoms with van der Waals surface area (Å²) in [4.78, 5) is 21.6. The van der Waals surface area contributed by atoms with Gasteiger partial charge < -0.3 is 14.2 Å². The Kier molecular flexibility index (Phi) is 4.07. The molecule has 0 bridgehead atoms. The van der Waals surface area contributed by atoms with Crippen LogP contribution < -0.4 is 9.80 Å². The summed E-state index contributed by atoms with van der Waals surface area (Å²) in [6.07, 6.45) is 3.60. The fourth-order valence-electron chi connectivity index (χ4n) is 4.28. The molecule has 1 aromatic heterocycles. The van der Waals surface area contributed by atoms with Gasteiger partial charge in [0.2, 0.25) is 5.91 Å². The third kappa shape index (κ3) is 3.07. The summed E-state index contributed by atoms with van der Waals surface area (Å²) in [6.45, 7) is 2.60. The molecule has 3 aromatic rings. The van der Waals surface area contributed by atoms with Crippen molar-refractivity contribution in [2.45, 2.75) is 25.7 Å². The monoisotopic (exact) mass is 361 g/mol. The molecule has 0 unspecified atom stereocenters. The summed E-state index contributed by atoms with van der Waals surface area (Å²) in [6, 6.07) is 16.8. The maximum Gasteiger partial charge on any atom is 0.298 e. The number of hydrogen-bond donors (Lipinski definition) is 0. The molecule has 0 atom stereocenters. The average Bonchev–Trinajstić information content (AvgIpc) is 3.33. The minimum atomic E-state index is 0.264. The van der Waals surface area contributed by atoms with Gasteiger partial charge in [-0.25, -0.2) is 0 Å². The van der Waals surface area contributed by atoms with Crippen LogP contribution in [0, 0.1) is 5.92 Å². The molecule has 0 spiro atoms. The van der Waals surface area contributed by atoms with E-state index < -0.39 is 0 Å². The Morgan fingerprint density at radius 3 is 2.67 bits per heavy atom. The van der Waals surface area contributed by atoms with Crippen LogP contribution in [-0.4, -0.2) is 30.5 Å². The smallest absolute Gasteiger partial charge is 0.298 e. The van der Waals surface area contributed by atoms with Crippen molar-refractivity contribution in [2.75, 3.05) is 29.4 Å². The number of anilines is 2. The molecule has 5 heteroatoms. The van der Waals surface area contributed by atoms with Crippen LogP contribution in [0.15, 0.2) is 52.9 Å². The zero-order valence-electron chi connectivity index (χ0n) is 15.3. The van der Waals surface area contributed by atoms with Crippen molar-refractivity contribution in [3.05, 3.63) is 54.1 Å². The number of para-hydroxylation sites is 3. The van der Waals surface area contributed by atoms with E-state index in [-0.39, 0.29) is 5.91 Å². The highest BCUT2D eigenvalue weighted by atomic mass is 16.4. The van der Waals surface area contributed by atoms with Gasteiger partial charge in [0, 0.05) is 31.7 Å². The number of aromatic nitrogens is 1. The molecule has 0 aliphatic carbocycles. The zero-order valence-corrected chi connectivity index (χ0v) is 15.3. The first-order chi connectivity index (χ1) is 13.3. The number of nitrogens with zero attached hydrogens (tertiary/aromatic N) is 3. The second kappa shape index (κ2) is 6.72. The molecule has 1 amide bonds. The van der Waals surface area contributed by atoms with Gasteiger partial charge in [0.1, 0.15) is 5.52 Å². The SMILES string of the molecule is O=C(CC1CCN(c2nc3ccccc3o2)CC1)N1CCc2ccccc21. The lowest BCUT2D eigenvalue weighted by Gasteiger charge is -2.31. The van der Waals surface area contributed by atoms with Crippen LogP contribution in [0.25, 0.3) is 11.1 Å². The first kappa shape index (κ1) is 16.4. The van der Waals surface area contributed by atoms with Crippen molar-refractivity contribution in [1.82, 2.24) is 4.98 Å². The van der Waals surface area contributed by atoms with E-state index in [9.17, 15) is 4.79 Å². The first-order valence-corrected chi connectivity index (χ1v) is 9.77. The molecule has 2 aliphatic heterocycles. The minimum absolute atomic E-state index is 0.264. The number of fused-ring (bicyclic) bond motifs is 2. The second-order valence-electron chi connectivity index (χ2n) is 7.52. The third-order valence-corrected chi connectivity index (χ3v) is 5.82. The van der Waals surface area contributed by atoms with E-state index in [2.05, 4.69) is 28.1 Å². The summed E-state index contributed by atoms with van der Waals surface area (Å²) in [5.41, 5.74) is 4.12. The van der Waals surface area contributed by atoms with Gasteiger partial charge in [-0.05, 0) is 48.9 Å². The topological polar surface area (TPSA) is 49.6 Å². The molecule has 5 nitrogen and oxygen atoms in total. The van der Waals surface area contributed by atoms with E-state index in [4.69, 9.17) is 4.42 Å². The van der Waals surface area contributed by atoms with Crippen molar-refractivity contribution in [3.63, 3.8) is 0 Å². The molecule has 5 rings (SSSR count). The number of benzene rings is 2. The molecule has 2 aliphatic rings. The molecule has 0 radical (unpaired) electrons. The van der Waals surface area contributed by atoms with E-state index in [0.29, 0.717) is 18.4 Å². The lowest BCUT2D eigenvalue weighted by Crippen LogP contribution is -2.37. The van der Waals surface area contributed by atoms with Crippen molar-refractivity contribution < 1.29 is 9.21 Å². The fraction of sp³-hybridized carbons (Fsp3) is 0.364. The summed E-state index contributed by atoms with van der Waals surface area (Å²) in [7, 11) is 0. The molecule has 3 heterocycles. The number of carbonyl (C=O) groups is 1. The highest BCUT2D eigenvalue weighted by Gasteiger charge is 2.29. The molecule has 2 aromatic carbocycles. The van der Waals surface area contributed by atoms with E-state index in [1.165, 1.54) is 5.56 Å². The predicted octanol–water partition coefficient (Wildman–Crippen LogP) is 4.02. The molecular weight excluding hydrogens is 338 g/mol. The Bertz CT molecular complexity index is 939. The molecule has 1 fully saturated rings. The molecule has 138 valence electrons. The molecule has 1 saturated heterocycles. The largest absolute Gasteiger partial charge is 0.423 e. The lowest BCUT2D eigenvalue weighted by molar-refractivity contribution is -0.119. The maximum atomic E-state index is 12.8. The van der Waals surface area contributed by atoms with Gasteiger partial charge in [-0.1, -0.05) is 30.3 Å². The van der Waals surface area contributed by atoms with E-state index in [1.807, 2.05) is 35.2 Å². The van der Waals surface area contributed by atoms with Gasteiger partial charge in [0.15, 0.2) is 5.58 Å². The van der Waals surface area contributed by atoms with Gasteiger partial charge >= 0.3 is 0 Å². The van der Waals surface area contributed by atoms with Crippen LogP contribution in [-0.2, 0) is 11.2 Å². The van der Waals surface area contributed by atoms with Crippen molar-refractivity contribution in [1.29, 1.82) is 0 Å². The normalized spacial score (nSPS) is 17.5. The highest BCUT2D eigenvalue weighted by molar-refractivity contribution is 5.95. The van der Waals surface area contributed by atoms with Gasteiger partial charge in [-0.3, -0.25) is 4.79 Å². The maximum absolute atomic E-state index is 12.8. The Morgan fingerprint density at radius 2 is 1.81 bits per heavy atom. The number of rotatable bonds is 3. The van der Waals surface area contributed by atoms with E-state index >= 15 is 0 Å². The zero-order chi connectivity index (χ0) is 18.2. The minimum Gasteiger partial charge on any atom is -0.423 e. The predicted molar refractivity (Wildman–Crippen MR) is 106 cm³/mol. The summed E-state index contributed by atoms with van der Waals surface area (Å²) in [5.74, 6) is 0.700. The number of carbonyl (C=O) groups excluding carboxylic acids is 1. The lowest BCUT2D eigenvalue weighted by atomic mass is 9.93. The summed E-state index contributed by atoms with van der Waals surface area (Å²) < 4.78 is 5.88. The van der Waals surface area contributed by atoms with Crippen LogP contribution >= 0.6 is 0 Å². The highest BCUT2D eigenvalue weighted by Crippen LogP contribution is 2.31. The third-order valence-electron chi connectivity index (χ3n) is 5.82. The van der Waals surface area contributed by atoms with Crippen LogP contribution in [0.2, 0.25) is 0 Å². The molecular formula is C22H23N3O2. The summed E-state index contributed by atoms with van der Waals surface area (Å²) >= 11 is 0. The number of amides is 1. The first-order valence-electron chi connectivity index (χ1n) is 9.77. The Hall–Kier alpha value is -2.82. The average molecular weight is 361 g/mol. The Labute approximate surface area is 158 Å². The van der Waals surface area contributed by atoms with Crippen molar-refractivity contribution in [2.24, 2.45) is 5.92 Å². The number of oxazole rings is 1. The van der Waals surface area contributed by atoms with Crippen LogP contribution in [0.5, 0.6) is 0 Å². The fourth-order valence-corrected chi connectivity index (χ4v) is 4.28. The van der Waals surface area contributed by atoms with Gasteiger partial charge in [0.25, 0.3) is 6.01 Å². The Morgan fingerprint density at radius 1 is 1.04 bits per heavy atom. The van der Waals surface area contributed by atoms with Crippen molar-refractivity contribution in [3.8, 4) is 0 Å². The molecule has 27 heavy (non-hydrogen) atoms. The van der Waals surface area contributed by atoms with Gasteiger partial charge in [-0.2, -0.15) is 4.98 Å². The van der Waals surface area contributed by atoms with Crippen LogP contribution in [0.3, 0.4) is 0 Å². The van der Waals surface area contributed by atoms with Crippen LogP contribution in [0.1, 0.15) is 24.8 Å². The number of hydrogen-bond acceptors (Lipinski definition) is 4. The standard InChI is InChI=1S/C22H23N3O2/c26-21(25-14-11-17-5-1-3-7-19(17)25)15-16-9-12-24(13-10-16)22-23-18-6-2-4-8-20(18)27-22/h1-8,16H,9-15H2. The quantitative estimate of drug-likeness (QED) is 0.707. The molecule has 0 N–H and O–H groups in total. The van der Waals surface area contributed by atoms with Gasteiger partial charge in [0.05, 0.1) is 0 Å². The molecule has 0 saturated carbocycles. The van der Waals surface area contributed by atoms with E-state index in [0.717, 1.165) is 55.7 Å². The van der Waals surface area contributed by atoms with Crippen molar-refractivity contribution >= 4 is 28.7 Å². The summed E-state index contributed by atoms with van der Waals surface area (Å²) in [5, 5.41) is 0. The van der Waals surface area contributed by atoms with Crippen LogP contribution in [0.4, 0.5) is 11.7 Å². The van der Waals surface area contributed by atoms with E-state index in [1.54, 1.807) is 0 Å².